The summed E-state index contributed by atoms with van der Waals surface area (Å²) in [6.45, 7) is 6.80. The summed E-state index contributed by atoms with van der Waals surface area (Å²) in [5.74, 6) is -0.551. The minimum Gasteiger partial charge on any atom is -0.756 e. The van der Waals surface area contributed by atoms with Crippen LogP contribution in [0.4, 0.5) is 0 Å². The maximum absolute atomic E-state index is 13.5. The molecule has 0 spiro atoms. The molecule has 0 saturated carbocycles. The van der Waals surface area contributed by atoms with Gasteiger partial charge in [-0.3, -0.25) is 14.2 Å². The summed E-state index contributed by atoms with van der Waals surface area (Å²) >= 11 is 0. The maximum Gasteiger partial charge on any atom is 0.306 e. The second-order valence-corrected chi connectivity index (χ2v) is 23.3. The van der Waals surface area contributed by atoms with Gasteiger partial charge in [0.25, 0.3) is 7.82 Å². The van der Waals surface area contributed by atoms with Gasteiger partial charge < -0.3 is 28.5 Å². The largest absolute Gasteiger partial charge is 0.756 e. The van der Waals surface area contributed by atoms with E-state index in [4.69, 9.17) is 13.8 Å². The summed E-state index contributed by atoms with van der Waals surface area (Å²) in [5, 5.41) is 3.02. The number of allylic oxidation sites excluding steroid dienone is 9. The zero-order valence-electron chi connectivity index (χ0n) is 48.6. The molecule has 0 aromatic heterocycles. The van der Waals surface area contributed by atoms with E-state index in [0.29, 0.717) is 17.4 Å². The lowest BCUT2D eigenvalue weighted by Gasteiger charge is -2.30. The fourth-order valence-electron chi connectivity index (χ4n) is 8.64. The van der Waals surface area contributed by atoms with Gasteiger partial charge in [-0.1, -0.05) is 230 Å². The minimum atomic E-state index is -4.70. The van der Waals surface area contributed by atoms with Crippen molar-refractivity contribution in [1.82, 2.24) is 5.32 Å². The molecule has 1 N–H and O–H groups in total. The summed E-state index contributed by atoms with van der Waals surface area (Å²) in [6, 6.07) is -0.893. The molecule has 0 fully saturated rings. The molecule has 3 atom stereocenters. The third-order valence-electron chi connectivity index (χ3n) is 13.4. The number of likely N-dealkylation sites (N-methyl/N-ethyl adjacent to an activating group) is 1. The Balaban J connectivity index is 5.23. The zero-order chi connectivity index (χ0) is 53.6. The predicted molar refractivity (Wildman–Crippen MR) is 312 cm³/mol. The number of phosphoric ester groups is 1. The predicted octanol–water partition coefficient (Wildman–Crippen LogP) is 18.0. The SMILES string of the molecule is CCCCC/C=C\C/C=C\C/C=C\CCCCCCCCCCC(=O)OC(/C=C\CCCCCCCCCCC)C(COP(=O)([O-])OCC[N+](C)(C)C)NC(=O)CCCCCCCCC/C=C\CCCCCC. The van der Waals surface area contributed by atoms with Crippen molar-refractivity contribution in [2.75, 3.05) is 40.9 Å². The molecule has 426 valence electrons. The molecule has 0 heterocycles. The highest BCUT2D eigenvalue weighted by Crippen LogP contribution is 2.38. The third-order valence-corrected chi connectivity index (χ3v) is 14.4. The van der Waals surface area contributed by atoms with E-state index in [1.54, 1.807) is 0 Å². The number of nitrogens with one attached hydrogen (secondary N) is 1. The molecule has 0 aliphatic carbocycles. The van der Waals surface area contributed by atoms with Gasteiger partial charge in [0.15, 0.2) is 0 Å². The van der Waals surface area contributed by atoms with Crippen LogP contribution in [0.3, 0.4) is 0 Å². The van der Waals surface area contributed by atoms with Crippen molar-refractivity contribution in [1.29, 1.82) is 0 Å². The van der Waals surface area contributed by atoms with Gasteiger partial charge in [0.2, 0.25) is 5.91 Å². The van der Waals surface area contributed by atoms with Crippen LogP contribution in [0, 0.1) is 0 Å². The van der Waals surface area contributed by atoms with Crippen LogP contribution in [0.25, 0.3) is 0 Å². The summed E-state index contributed by atoms with van der Waals surface area (Å²) in [5.41, 5.74) is 0. The topological polar surface area (TPSA) is 114 Å². The number of nitrogens with zero attached hydrogens (tertiary/aromatic N) is 1. The number of unbranched alkanes of at least 4 members (excludes halogenated alkanes) is 31. The fraction of sp³-hybridized carbons (Fsp3) is 0.810. The highest BCUT2D eigenvalue weighted by Gasteiger charge is 2.27. The van der Waals surface area contributed by atoms with E-state index in [-0.39, 0.29) is 24.9 Å². The summed E-state index contributed by atoms with van der Waals surface area (Å²) in [7, 11) is 1.18. The average molecular weight is 1050 g/mol. The molecule has 0 aliphatic rings. The second kappa shape index (κ2) is 53.1. The Hall–Kier alpha value is -2.29. The maximum atomic E-state index is 13.5. The summed E-state index contributed by atoms with van der Waals surface area (Å²) in [6.07, 6.45) is 66.1. The number of carbonyl (C=O) groups excluding carboxylic acids is 2. The summed E-state index contributed by atoms with van der Waals surface area (Å²) in [4.78, 5) is 39.9. The number of phosphoric acid groups is 1. The first-order chi connectivity index (χ1) is 35.4. The van der Waals surface area contributed by atoms with Crippen LogP contribution in [0.15, 0.2) is 60.8 Å². The molecular weight excluding hydrogens is 928 g/mol. The molecule has 10 heteroatoms. The van der Waals surface area contributed by atoms with Crippen molar-refractivity contribution in [3.63, 3.8) is 0 Å². The Morgan fingerprint density at radius 2 is 0.836 bits per heavy atom. The molecule has 0 rings (SSSR count). The number of hydrogen-bond donors (Lipinski definition) is 1. The second-order valence-electron chi connectivity index (χ2n) is 21.8. The molecule has 73 heavy (non-hydrogen) atoms. The highest BCUT2D eigenvalue weighted by molar-refractivity contribution is 7.45. The molecule has 1 amide bonds. The fourth-order valence-corrected chi connectivity index (χ4v) is 9.36. The zero-order valence-corrected chi connectivity index (χ0v) is 49.5. The Labute approximate surface area is 451 Å². The monoisotopic (exact) mass is 1040 g/mol. The highest BCUT2D eigenvalue weighted by atomic mass is 31.2. The van der Waals surface area contributed by atoms with Crippen molar-refractivity contribution in [2.45, 2.75) is 290 Å². The Kier molecular flexibility index (Phi) is 51.5. The van der Waals surface area contributed by atoms with Crippen LogP contribution in [0.1, 0.15) is 278 Å². The van der Waals surface area contributed by atoms with Gasteiger partial charge in [0, 0.05) is 12.8 Å². The minimum absolute atomic E-state index is 0.0254. The van der Waals surface area contributed by atoms with Crippen LogP contribution in [-0.4, -0.2) is 69.4 Å². The lowest BCUT2D eigenvalue weighted by molar-refractivity contribution is -0.870. The Bertz CT molecular complexity index is 1440. The van der Waals surface area contributed by atoms with Gasteiger partial charge in [-0.25, -0.2) is 0 Å². The average Bonchev–Trinajstić information content (AvgIpc) is 3.35. The molecule has 0 aliphatic heterocycles. The number of hydrogen-bond acceptors (Lipinski definition) is 7. The van der Waals surface area contributed by atoms with Crippen LogP contribution in [0.2, 0.25) is 0 Å². The van der Waals surface area contributed by atoms with Gasteiger partial charge in [0.1, 0.15) is 19.3 Å². The third kappa shape index (κ3) is 54.3. The number of carbonyl (C=O) groups is 2. The number of ether oxygens (including phenoxy) is 1. The van der Waals surface area contributed by atoms with E-state index in [0.717, 1.165) is 96.3 Å². The molecule has 9 nitrogen and oxygen atoms in total. The normalized spacial score (nSPS) is 14.1. The molecule has 3 unspecified atom stereocenters. The van der Waals surface area contributed by atoms with Gasteiger partial charge in [0.05, 0.1) is 33.8 Å². The number of quaternary nitrogens is 1. The smallest absolute Gasteiger partial charge is 0.306 e. The van der Waals surface area contributed by atoms with Crippen molar-refractivity contribution >= 4 is 19.7 Å². The standard InChI is InChI=1S/C63H117N2O7P/c1-7-10-13-16-19-22-25-27-29-30-31-32-33-34-36-38-41-44-47-50-53-56-63(67)72-61(54-51-48-45-42-39-24-21-18-15-12-9-3)60(59-71-73(68,69)70-58-57-65(4,5)6)64-62(66)55-52-49-46-43-40-37-35-28-26-23-20-17-14-11-8-2/h19,22-23,26-27,29,31-32,51,54,60-61H,7-18,20-21,24-25,28,30,33-50,52-53,55-59H2,1-6H3,(H-,64,66,68,69)/b22-19-,26-23-,29-27-,32-31-,54-51-. The number of amides is 1. The van der Waals surface area contributed by atoms with Crippen LogP contribution < -0.4 is 10.2 Å². The van der Waals surface area contributed by atoms with Crippen molar-refractivity contribution in [2.24, 2.45) is 0 Å². The molecular formula is C63H117N2O7P. The van der Waals surface area contributed by atoms with E-state index in [9.17, 15) is 19.0 Å². The van der Waals surface area contributed by atoms with Crippen LogP contribution in [-0.2, 0) is 27.9 Å². The van der Waals surface area contributed by atoms with Crippen molar-refractivity contribution in [3.05, 3.63) is 60.8 Å². The van der Waals surface area contributed by atoms with E-state index < -0.39 is 26.6 Å². The molecule has 0 aromatic rings. The molecule has 0 aromatic carbocycles. The Morgan fingerprint density at radius 3 is 1.30 bits per heavy atom. The van der Waals surface area contributed by atoms with Gasteiger partial charge >= 0.3 is 5.97 Å². The molecule has 0 bridgehead atoms. The quantitative estimate of drug-likeness (QED) is 0.0212. The van der Waals surface area contributed by atoms with Gasteiger partial charge in [-0.15, -0.1) is 0 Å². The first kappa shape index (κ1) is 70.7. The van der Waals surface area contributed by atoms with E-state index >= 15 is 0 Å². The molecule has 0 radical (unpaired) electrons. The van der Waals surface area contributed by atoms with Gasteiger partial charge in [-0.05, 0) is 96.0 Å². The van der Waals surface area contributed by atoms with Crippen molar-refractivity contribution < 1.29 is 37.3 Å². The number of esters is 1. The lowest BCUT2D eigenvalue weighted by atomic mass is 10.0. The molecule has 0 saturated heterocycles. The lowest BCUT2D eigenvalue weighted by Crippen LogP contribution is -2.47. The van der Waals surface area contributed by atoms with Crippen LogP contribution >= 0.6 is 7.82 Å². The van der Waals surface area contributed by atoms with Gasteiger partial charge in [-0.2, -0.15) is 0 Å². The van der Waals surface area contributed by atoms with Crippen LogP contribution in [0.5, 0.6) is 0 Å². The van der Waals surface area contributed by atoms with E-state index in [2.05, 4.69) is 74.7 Å². The van der Waals surface area contributed by atoms with Crippen molar-refractivity contribution in [3.8, 4) is 0 Å². The first-order valence-electron chi connectivity index (χ1n) is 30.6. The Morgan fingerprint density at radius 1 is 0.479 bits per heavy atom. The van der Waals surface area contributed by atoms with E-state index in [1.165, 1.54) is 148 Å². The summed E-state index contributed by atoms with van der Waals surface area (Å²) < 4.78 is 30.3. The van der Waals surface area contributed by atoms with E-state index in [1.807, 2.05) is 33.3 Å². The first-order valence-corrected chi connectivity index (χ1v) is 32.1. The number of rotatable bonds is 55.